The zero-order valence-corrected chi connectivity index (χ0v) is 18.5. The SMILES string of the molecule is CCC(N)C(=O)N1CCN(c2cnc(-c3ccc(F)cc3)c(-c3ccncc3Cl)n2)CC1. The fraction of sp³-hybridized carbons (Fsp3) is 0.304. The summed E-state index contributed by atoms with van der Waals surface area (Å²) in [6, 6.07) is 7.43. The summed E-state index contributed by atoms with van der Waals surface area (Å²) in [7, 11) is 0. The van der Waals surface area contributed by atoms with Gasteiger partial charge in [0.2, 0.25) is 5.91 Å². The van der Waals surface area contributed by atoms with Gasteiger partial charge in [0.1, 0.15) is 17.3 Å². The van der Waals surface area contributed by atoms with Crippen LogP contribution in [-0.2, 0) is 4.79 Å². The van der Waals surface area contributed by atoms with Gasteiger partial charge >= 0.3 is 0 Å². The maximum atomic E-state index is 13.5. The highest BCUT2D eigenvalue weighted by molar-refractivity contribution is 6.33. The van der Waals surface area contributed by atoms with Crippen molar-refractivity contribution < 1.29 is 9.18 Å². The van der Waals surface area contributed by atoms with Gasteiger partial charge in [0.15, 0.2) is 0 Å². The van der Waals surface area contributed by atoms with Crippen molar-refractivity contribution in [3.05, 3.63) is 59.8 Å². The van der Waals surface area contributed by atoms with Crippen LogP contribution >= 0.6 is 11.6 Å². The van der Waals surface area contributed by atoms with Crippen LogP contribution in [0.25, 0.3) is 22.5 Å². The van der Waals surface area contributed by atoms with Crippen LogP contribution < -0.4 is 10.6 Å². The maximum absolute atomic E-state index is 13.5. The first-order valence-electron chi connectivity index (χ1n) is 10.5. The van der Waals surface area contributed by atoms with Crippen molar-refractivity contribution in [2.45, 2.75) is 19.4 Å². The predicted molar refractivity (Wildman–Crippen MR) is 123 cm³/mol. The average molecular weight is 455 g/mol. The molecule has 1 aromatic carbocycles. The minimum absolute atomic E-state index is 0.0193. The number of pyridine rings is 1. The molecule has 1 saturated heterocycles. The van der Waals surface area contributed by atoms with Crippen molar-refractivity contribution in [1.82, 2.24) is 19.9 Å². The highest BCUT2D eigenvalue weighted by atomic mass is 35.5. The Bertz CT molecular complexity index is 1100. The van der Waals surface area contributed by atoms with Gasteiger partial charge in [-0.05, 0) is 36.8 Å². The third kappa shape index (κ3) is 4.56. The van der Waals surface area contributed by atoms with E-state index >= 15 is 0 Å². The second-order valence-electron chi connectivity index (χ2n) is 7.61. The summed E-state index contributed by atoms with van der Waals surface area (Å²) in [5.41, 5.74) is 8.52. The molecule has 1 fully saturated rings. The summed E-state index contributed by atoms with van der Waals surface area (Å²) in [4.78, 5) is 29.9. The van der Waals surface area contributed by atoms with E-state index in [0.29, 0.717) is 60.4 Å². The zero-order chi connectivity index (χ0) is 22.7. The Morgan fingerprint density at radius 3 is 2.50 bits per heavy atom. The Labute approximate surface area is 191 Å². The Balaban J connectivity index is 1.65. The van der Waals surface area contributed by atoms with Gasteiger partial charge in [-0.15, -0.1) is 0 Å². The number of benzene rings is 1. The van der Waals surface area contributed by atoms with Crippen LogP contribution in [0.3, 0.4) is 0 Å². The van der Waals surface area contributed by atoms with E-state index in [1.54, 1.807) is 41.7 Å². The first-order chi connectivity index (χ1) is 15.5. The standard InChI is InChI=1S/C23H24ClFN6O/c1-2-19(26)23(32)31-11-9-30(10-12-31)20-14-28-21(15-3-5-16(25)6-4-15)22(29-20)17-7-8-27-13-18(17)24/h3-8,13-14,19H,2,9-12,26H2,1H3. The molecule has 3 aromatic rings. The number of amides is 1. The topological polar surface area (TPSA) is 88.2 Å². The quantitative estimate of drug-likeness (QED) is 0.635. The van der Waals surface area contributed by atoms with Gasteiger partial charge < -0.3 is 15.5 Å². The monoisotopic (exact) mass is 454 g/mol. The highest BCUT2D eigenvalue weighted by Crippen LogP contribution is 2.34. The lowest BCUT2D eigenvalue weighted by Gasteiger charge is -2.36. The lowest BCUT2D eigenvalue weighted by atomic mass is 10.0. The van der Waals surface area contributed by atoms with Crippen LogP contribution in [0.15, 0.2) is 48.9 Å². The number of carbonyl (C=O) groups is 1. The van der Waals surface area contributed by atoms with E-state index in [-0.39, 0.29) is 11.7 Å². The van der Waals surface area contributed by atoms with E-state index < -0.39 is 6.04 Å². The number of rotatable bonds is 5. The molecule has 1 unspecified atom stereocenters. The van der Waals surface area contributed by atoms with Crippen LogP contribution in [0.4, 0.5) is 10.2 Å². The highest BCUT2D eigenvalue weighted by Gasteiger charge is 2.26. The van der Waals surface area contributed by atoms with Crippen LogP contribution in [0.2, 0.25) is 5.02 Å². The number of hydrogen-bond donors (Lipinski definition) is 1. The number of carbonyl (C=O) groups excluding carboxylic acids is 1. The molecule has 1 aliphatic rings. The van der Waals surface area contributed by atoms with Gasteiger partial charge in [0.25, 0.3) is 0 Å². The summed E-state index contributed by atoms with van der Waals surface area (Å²) in [6.07, 6.45) is 5.52. The van der Waals surface area contributed by atoms with Gasteiger partial charge in [-0.25, -0.2) is 9.37 Å². The maximum Gasteiger partial charge on any atom is 0.239 e. The molecule has 1 atom stereocenters. The molecule has 2 aromatic heterocycles. The summed E-state index contributed by atoms with van der Waals surface area (Å²) in [5.74, 6) is 0.344. The van der Waals surface area contributed by atoms with E-state index in [0.717, 1.165) is 5.56 Å². The predicted octanol–water partition coefficient (Wildman–Crippen LogP) is 3.38. The van der Waals surface area contributed by atoms with E-state index in [1.807, 2.05) is 6.92 Å². The summed E-state index contributed by atoms with van der Waals surface area (Å²) >= 11 is 6.42. The average Bonchev–Trinajstić information content (AvgIpc) is 2.84. The van der Waals surface area contributed by atoms with Crippen LogP contribution in [0, 0.1) is 5.82 Å². The molecule has 0 saturated carbocycles. The van der Waals surface area contributed by atoms with Gasteiger partial charge in [-0.1, -0.05) is 18.5 Å². The van der Waals surface area contributed by atoms with E-state index in [1.165, 1.54) is 12.1 Å². The largest absolute Gasteiger partial charge is 0.352 e. The molecule has 0 radical (unpaired) electrons. The normalized spacial score (nSPS) is 15.0. The number of aromatic nitrogens is 3. The molecule has 9 heteroatoms. The molecule has 2 N–H and O–H groups in total. The first kappa shape index (κ1) is 22.1. The third-order valence-electron chi connectivity index (χ3n) is 5.58. The number of anilines is 1. The fourth-order valence-corrected chi connectivity index (χ4v) is 3.88. The number of piperazine rings is 1. The van der Waals surface area contributed by atoms with Crippen LogP contribution in [-0.4, -0.2) is 58.0 Å². The molecule has 7 nitrogen and oxygen atoms in total. The van der Waals surface area contributed by atoms with E-state index in [2.05, 4.69) is 14.9 Å². The van der Waals surface area contributed by atoms with Crippen molar-refractivity contribution in [2.75, 3.05) is 31.1 Å². The molecule has 32 heavy (non-hydrogen) atoms. The summed E-state index contributed by atoms with van der Waals surface area (Å²) in [6.45, 7) is 4.29. The van der Waals surface area contributed by atoms with E-state index in [4.69, 9.17) is 22.3 Å². The van der Waals surface area contributed by atoms with E-state index in [9.17, 15) is 9.18 Å². The number of nitrogens with zero attached hydrogens (tertiary/aromatic N) is 5. The van der Waals surface area contributed by atoms with Crippen LogP contribution in [0.1, 0.15) is 13.3 Å². The van der Waals surface area contributed by atoms with Crippen molar-refractivity contribution in [1.29, 1.82) is 0 Å². The van der Waals surface area contributed by atoms with Gasteiger partial charge in [-0.3, -0.25) is 14.8 Å². The van der Waals surface area contributed by atoms with Crippen molar-refractivity contribution in [3.63, 3.8) is 0 Å². The molecular weight excluding hydrogens is 431 g/mol. The first-order valence-corrected chi connectivity index (χ1v) is 10.9. The van der Waals surface area contributed by atoms with Gasteiger partial charge in [0, 0.05) is 49.7 Å². The molecular formula is C23H24ClFN6O. The lowest BCUT2D eigenvalue weighted by Crippen LogP contribution is -2.53. The zero-order valence-electron chi connectivity index (χ0n) is 17.7. The molecule has 1 amide bonds. The van der Waals surface area contributed by atoms with Crippen molar-refractivity contribution >= 4 is 23.3 Å². The summed E-state index contributed by atoms with van der Waals surface area (Å²) < 4.78 is 13.5. The van der Waals surface area contributed by atoms with Crippen molar-refractivity contribution in [3.8, 4) is 22.5 Å². The molecule has 4 rings (SSSR count). The Kier molecular flexibility index (Phi) is 6.62. The Morgan fingerprint density at radius 2 is 1.84 bits per heavy atom. The molecule has 3 heterocycles. The number of hydrogen-bond acceptors (Lipinski definition) is 6. The Morgan fingerprint density at radius 1 is 1.12 bits per heavy atom. The van der Waals surface area contributed by atoms with Crippen molar-refractivity contribution in [2.24, 2.45) is 5.73 Å². The number of halogens is 2. The minimum Gasteiger partial charge on any atom is -0.352 e. The number of nitrogens with two attached hydrogens (primary N) is 1. The third-order valence-corrected chi connectivity index (χ3v) is 5.88. The molecule has 1 aliphatic heterocycles. The lowest BCUT2D eigenvalue weighted by molar-refractivity contribution is -0.132. The molecule has 0 aliphatic carbocycles. The Hall–Kier alpha value is -3.10. The van der Waals surface area contributed by atoms with Gasteiger partial charge in [-0.2, -0.15) is 0 Å². The summed E-state index contributed by atoms with van der Waals surface area (Å²) in [5, 5.41) is 0.450. The van der Waals surface area contributed by atoms with Crippen LogP contribution in [0.5, 0.6) is 0 Å². The van der Waals surface area contributed by atoms with Gasteiger partial charge in [0.05, 0.1) is 23.0 Å². The second kappa shape index (κ2) is 9.58. The fourth-order valence-electron chi connectivity index (χ4n) is 3.67. The molecule has 166 valence electrons. The molecule has 0 spiro atoms. The molecule has 0 bridgehead atoms. The smallest absolute Gasteiger partial charge is 0.239 e. The second-order valence-corrected chi connectivity index (χ2v) is 8.02. The minimum atomic E-state index is -0.461.